The van der Waals surface area contributed by atoms with Crippen LogP contribution in [0.15, 0.2) is 84.9 Å². The molecule has 0 radical (unpaired) electrons. The lowest BCUT2D eigenvalue weighted by Crippen LogP contribution is -3.00. The first-order valence-electron chi connectivity index (χ1n) is 12.3. The van der Waals surface area contributed by atoms with E-state index in [-0.39, 0.29) is 40.6 Å². The lowest BCUT2D eigenvalue weighted by Gasteiger charge is -2.51. The average molecular weight is 551 g/mol. The maximum atomic E-state index is 13.5. The van der Waals surface area contributed by atoms with Crippen LogP contribution in [0.5, 0.6) is 5.75 Å². The predicted molar refractivity (Wildman–Crippen MR) is 134 cm³/mol. The van der Waals surface area contributed by atoms with Gasteiger partial charge in [0.2, 0.25) is 5.78 Å². The van der Waals surface area contributed by atoms with E-state index in [1.165, 1.54) is 0 Å². The number of phenolic OH excluding ortho intramolecular Hbond substituents is 1. The first-order valence-corrected chi connectivity index (χ1v) is 12.3. The number of hydrogen-bond donors (Lipinski definition) is 2. The predicted octanol–water partition coefficient (Wildman–Crippen LogP) is 1.58. The summed E-state index contributed by atoms with van der Waals surface area (Å²) in [5.41, 5.74) is 2.06. The molecule has 3 fully saturated rings. The molecule has 3 saturated heterocycles. The Morgan fingerprint density at radius 1 is 0.917 bits per heavy atom. The number of Topliss-reactive ketones (excluding diaryl/α,β-unsaturated/α-hetero) is 1. The van der Waals surface area contributed by atoms with Crippen LogP contribution >= 0.6 is 0 Å². The van der Waals surface area contributed by atoms with E-state index in [1.54, 1.807) is 24.3 Å². The number of phenols is 1. The number of anilines is 1. The minimum atomic E-state index is -0.620. The molecule has 0 aliphatic carbocycles. The second kappa shape index (κ2) is 11.3. The lowest BCUT2D eigenvalue weighted by atomic mass is 9.82. The topological polar surface area (TPSA) is 75.6 Å². The molecule has 7 heteroatoms. The van der Waals surface area contributed by atoms with Gasteiger partial charge in [-0.05, 0) is 29.8 Å². The van der Waals surface area contributed by atoms with E-state index >= 15 is 0 Å². The van der Waals surface area contributed by atoms with Gasteiger partial charge >= 0.3 is 5.97 Å². The average Bonchev–Trinajstić information content (AvgIpc) is 2.89. The first-order chi connectivity index (χ1) is 17.0. The molecule has 3 aromatic carbocycles. The molecule has 3 aliphatic heterocycles. The van der Waals surface area contributed by atoms with E-state index in [0.717, 1.165) is 37.2 Å². The number of nitrogens with one attached hydrogen (secondary N) is 1. The van der Waals surface area contributed by atoms with E-state index in [4.69, 9.17) is 4.74 Å². The zero-order valence-corrected chi connectivity index (χ0v) is 21.6. The molecule has 6 rings (SSSR count). The number of benzene rings is 3. The highest BCUT2D eigenvalue weighted by atomic mass is 79.9. The molecule has 3 aliphatic rings. The van der Waals surface area contributed by atoms with Crippen LogP contribution in [0.1, 0.15) is 34.8 Å². The number of nitrogens with zero attached hydrogens (tertiary/aromatic N) is 1. The van der Waals surface area contributed by atoms with Crippen molar-refractivity contribution in [3.05, 3.63) is 96.1 Å². The van der Waals surface area contributed by atoms with Gasteiger partial charge in [0.1, 0.15) is 18.8 Å². The van der Waals surface area contributed by atoms with Crippen molar-refractivity contribution in [1.29, 1.82) is 0 Å². The fourth-order valence-corrected chi connectivity index (χ4v) is 5.52. The zero-order chi connectivity index (χ0) is 24.3. The molecule has 0 aromatic heterocycles. The molecule has 2 N–H and O–H groups in total. The monoisotopic (exact) mass is 550 g/mol. The molecule has 0 unspecified atom stereocenters. The number of rotatable bonds is 8. The van der Waals surface area contributed by atoms with Gasteiger partial charge in [-0.1, -0.05) is 60.7 Å². The minimum absolute atomic E-state index is 0. The summed E-state index contributed by atoms with van der Waals surface area (Å²) < 4.78 is 6.77. The molecule has 2 bridgehead atoms. The highest BCUT2D eigenvalue weighted by Gasteiger charge is 2.49. The van der Waals surface area contributed by atoms with Gasteiger partial charge in [0.25, 0.3) is 0 Å². The molecular weight excluding hydrogens is 520 g/mol. The molecular formula is C29H31BrN2O4. The molecule has 3 heterocycles. The number of piperidine rings is 3. The highest BCUT2D eigenvalue weighted by Crippen LogP contribution is 2.37. The molecule has 6 nitrogen and oxygen atoms in total. The molecule has 36 heavy (non-hydrogen) atoms. The van der Waals surface area contributed by atoms with Crippen LogP contribution in [0.4, 0.5) is 5.69 Å². The van der Waals surface area contributed by atoms with E-state index in [0.29, 0.717) is 29.1 Å². The Labute approximate surface area is 222 Å². The maximum Gasteiger partial charge on any atom is 0.333 e. The van der Waals surface area contributed by atoms with Crippen molar-refractivity contribution in [1.82, 2.24) is 0 Å². The van der Waals surface area contributed by atoms with Crippen LogP contribution in [0.3, 0.4) is 0 Å². The summed E-state index contributed by atoms with van der Waals surface area (Å²) in [6, 6.07) is 25.4. The Morgan fingerprint density at radius 3 is 2.19 bits per heavy atom. The third-order valence-electron chi connectivity index (χ3n) is 7.45. The van der Waals surface area contributed by atoms with Gasteiger partial charge in [-0.2, -0.15) is 0 Å². The number of carbonyl (C=O) groups is 2. The van der Waals surface area contributed by atoms with E-state index < -0.39 is 6.04 Å². The molecule has 0 amide bonds. The number of ketones is 1. The molecule has 188 valence electrons. The number of hydrogen-bond acceptors (Lipinski definition) is 5. The number of halogens is 1. The normalized spacial score (nSPS) is 23.2. The van der Waals surface area contributed by atoms with Crippen molar-refractivity contribution < 1.29 is 40.9 Å². The van der Waals surface area contributed by atoms with E-state index in [1.807, 2.05) is 60.7 Å². The van der Waals surface area contributed by atoms with Gasteiger partial charge in [0.05, 0.1) is 18.7 Å². The van der Waals surface area contributed by atoms with Gasteiger partial charge < -0.3 is 36.6 Å². The summed E-state index contributed by atoms with van der Waals surface area (Å²) in [4.78, 5) is 26.5. The Morgan fingerprint density at radius 2 is 1.53 bits per heavy atom. The number of quaternary nitrogens is 1. The summed E-state index contributed by atoms with van der Waals surface area (Å²) in [5, 5.41) is 13.5. The van der Waals surface area contributed by atoms with Crippen molar-refractivity contribution in [2.75, 3.05) is 31.5 Å². The van der Waals surface area contributed by atoms with Gasteiger partial charge in [-0.3, -0.25) is 4.79 Å². The summed E-state index contributed by atoms with van der Waals surface area (Å²) in [5.74, 6) is -0.0407. The number of ether oxygens (including phenoxy) is 1. The van der Waals surface area contributed by atoms with E-state index in [9.17, 15) is 14.7 Å². The number of fused-ring (bicyclic) bond motifs is 3. The molecule has 0 saturated carbocycles. The lowest BCUT2D eigenvalue weighted by molar-refractivity contribution is -0.938. The number of para-hydroxylation sites is 2. The van der Waals surface area contributed by atoms with Gasteiger partial charge in [0.15, 0.2) is 12.1 Å². The van der Waals surface area contributed by atoms with Crippen LogP contribution in [-0.4, -0.2) is 53.6 Å². The minimum Gasteiger partial charge on any atom is -1.00 e. The Kier molecular flexibility index (Phi) is 8.11. The van der Waals surface area contributed by atoms with Crippen LogP contribution in [-0.2, 0) is 9.53 Å². The smallest absolute Gasteiger partial charge is 0.333 e. The zero-order valence-electron chi connectivity index (χ0n) is 20.1. The van der Waals surface area contributed by atoms with Crippen molar-refractivity contribution in [2.45, 2.75) is 25.0 Å². The Balaban J connectivity index is 0.00000304. The van der Waals surface area contributed by atoms with Crippen molar-refractivity contribution in [3.8, 4) is 5.75 Å². The summed E-state index contributed by atoms with van der Waals surface area (Å²) in [6.07, 6.45) is 1.62. The molecule has 2 atom stereocenters. The quantitative estimate of drug-likeness (QED) is 0.253. The SMILES string of the molecule is O=C(C[N+]12CCC(CC1)[C@@H](OC(=O)[C@H](Nc1ccccc1)c1ccccc1)C2)c1ccccc1O.[Br-]. The summed E-state index contributed by atoms with van der Waals surface area (Å²) >= 11 is 0. The van der Waals surface area contributed by atoms with Crippen molar-refractivity contribution in [3.63, 3.8) is 0 Å². The number of esters is 1. The molecule has 3 aromatic rings. The summed E-state index contributed by atoms with van der Waals surface area (Å²) in [7, 11) is 0. The van der Waals surface area contributed by atoms with Crippen molar-refractivity contribution >= 4 is 17.4 Å². The Hall–Kier alpha value is -3.16. The van der Waals surface area contributed by atoms with E-state index in [2.05, 4.69) is 5.32 Å². The first kappa shape index (κ1) is 25.9. The maximum absolute atomic E-state index is 13.5. The summed E-state index contributed by atoms with van der Waals surface area (Å²) in [6.45, 7) is 2.72. The third kappa shape index (κ3) is 5.63. The highest BCUT2D eigenvalue weighted by molar-refractivity contribution is 5.99. The number of aromatic hydroxyl groups is 1. The second-order valence-corrected chi connectivity index (χ2v) is 9.74. The number of carbonyl (C=O) groups excluding carboxylic acids is 2. The standard InChI is InChI=1S/C29H30N2O4.BrH/c32-25-14-8-7-13-24(25)26(33)19-31-17-15-21(16-18-31)27(20-31)35-29(34)28(22-9-3-1-4-10-22)30-23-11-5-2-6-12-23;/h1-14,21,27-28,30H,15-20H2;1H/t21?,27-,28+,31?;/m0./s1. The van der Waals surface area contributed by atoms with Crippen LogP contribution in [0.2, 0.25) is 0 Å². The largest absolute Gasteiger partial charge is 1.00 e. The molecule has 0 spiro atoms. The Bertz CT molecular complexity index is 1180. The van der Waals surface area contributed by atoms with Crippen LogP contribution < -0.4 is 22.3 Å². The van der Waals surface area contributed by atoms with Crippen LogP contribution in [0, 0.1) is 5.92 Å². The van der Waals surface area contributed by atoms with Gasteiger partial charge in [-0.15, -0.1) is 0 Å². The van der Waals surface area contributed by atoms with Crippen LogP contribution in [0.25, 0.3) is 0 Å². The van der Waals surface area contributed by atoms with Gasteiger partial charge in [0, 0.05) is 24.4 Å². The van der Waals surface area contributed by atoms with Crippen molar-refractivity contribution in [2.24, 2.45) is 5.92 Å². The fraction of sp³-hybridized carbons (Fsp3) is 0.310. The third-order valence-corrected chi connectivity index (χ3v) is 7.45. The van der Waals surface area contributed by atoms with Gasteiger partial charge in [-0.25, -0.2) is 4.79 Å². The second-order valence-electron chi connectivity index (χ2n) is 9.74. The fourth-order valence-electron chi connectivity index (χ4n) is 5.52.